The van der Waals surface area contributed by atoms with Crippen molar-refractivity contribution in [1.29, 1.82) is 0 Å². The Kier molecular flexibility index (Phi) is 4.61. The molecule has 0 spiro atoms. The van der Waals surface area contributed by atoms with Crippen molar-refractivity contribution in [3.63, 3.8) is 0 Å². The molecular formula is C8H12BrN3O2. The normalized spacial score (nSPS) is 9.93. The molecule has 0 radical (unpaired) electrons. The number of nitrogens with one attached hydrogen (secondary N) is 1. The molecule has 0 unspecified atom stereocenters. The maximum absolute atomic E-state index is 8.58. The molecule has 0 saturated heterocycles. The van der Waals surface area contributed by atoms with Crippen LogP contribution in [0.5, 0.6) is 5.88 Å². The van der Waals surface area contributed by atoms with Gasteiger partial charge in [0.15, 0.2) is 0 Å². The number of halogens is 1. The van der Waals surface area contributed by atoms with Crippen LogP contribution in [0.2, 0.25) is 0 Å². The summed E-state index contributed by atoms with van der Waals surface area (Å²) < 4.78 is 5.72. The lowest BCUT2D eigenvalue weighted by Gasteiger charge is -2.05. The molecule has 5 nitrogen and oxygen atoms in total. The third kappa shape index (κ3) is 3.12. The summed E-state index contributed by atoms with van der Waals surface area (Å²) in [6.07, 6.45) is 2.29. The van der Waals surface area contributed by atoms with E-state index in [2.05, 4.69) is 31.2 Å². The Bertz CT molecular complexity index is 296. The van der Waals surface area contributed by atoms with E-state index in [0.717, 1.165) is 0 Å². The summed E-state index contributed by atoms with van der Waals surface area (Å²) in [4.78, 5) is 8.12. The molecule has 1 heterocycles. The lowest BCUT2D eigenvalue weighted by molar-refractivity contribution is 0.292. The van der Waals surface area contributed by atoms with Gasteiger partial charge in [-0.25, -0.2) is 4.98 Å². The van der Waals surface area contributed by atoms with Gasteiger partial charge in [0.2, 0.25) is 11.8 Å². The van der Waals surface area contributed by atoms with E-state index >= 15 is 0 Å². The van der Waals surface area contributed by atoms with Crippen LogP contribution in [0.3, 0.4) is 0 Å². The Labute approximate surface area is 90.7 Å². The number of aliphatic hydroxyl groups is 1. The van der Waals surface area contributed by atoms with Gasteiger partial charge in [-0.1, -0.05) is 0 Å². The topological polar surface area (TPSA) is 67.3 Å². The molecule has 1 aromatic heterocycles. The first-order valence-electron chi connectivity index (χ1n) is 4.19. The summed E-state index contributed by atoms with van der Waals surface area (Å²) in [5.41, 5.74) is 0. The first-order chi connectivity index (χ1) is 6.77. The van der Waals surface area contributed by atoms with Gasteiger partial charge in [-0.15, -0.1) is 0 Å². The van der Waals surface area contributed by atoms with E-state index in [-0.39, 0.29) is 6.61 Å². The molecule has 0 amide bonds. The lowest BCUT2D eigenvalue weighted by Crippen LogP contribution is -2.07. The maximum Gasteiger partial charge on any atom is 0.232 e. The Balaban J connectivity index is 2.60. The average molecular weight is 262 g/mol. The lowest BCUT2D eigenvalue weighted by atomic mass is 10.4. The van der Waals surface area contributed by atoms with Crippen molar-refractivity contribution >= 4 is 21.9 Å². The van der Waals surface area contributed by atoms with Crippen LogP contribution in [0.15, 0.2) is 10.7 Å². The van der Waals surface area contributed by atoms with Crippen molar-refractivity contribution in [2.45, 2.75) is 6.42 Å². The molecule has 0 atom stereocenters. The van der Waals surface area contributed by atoms with Crippen molar-refractivity contribution in [3.05, 3.63) is 10.7 Å². The second-order valence-electron chi connectivity index (χ2n) is 2.55. The molecule has 2 N–H and O–H groups in total. The molecule has 0 saturated carbocycles. The zero-order valence-electron chi connectivity index (χ0n) is 7.83. The van der Waals surface area contributed by atoms with Crippen molar-refractivity contribution in [3.8, 4) is 5.88 Å². The Morgan fingerprint density at radius 1 is 1.64 bits per heavy atom. The quantitative estimate of drug-likeness (QED) is 0.776. The maximum atomic E-state index is 8.58. The number of rotatable bonds is 5. The van der Waals surface area contributed by atoms with E-state index in [1.807, 2.05) is 0 Å². The number of aliphatic hydroxyl groups excluding tert-OH is 1. The minimum atomic E-state index is 0.153. The predicted molar refractivity (Wildman–Crippen MR) is 56.5 cm³/mol. The van der Waals surface area contributed by atoms with Gasteiger partial charge in [-0.05, 0) is 22.4 Å². The molecule has 0 aliphatic heterocycles. The largest absolute Gasteiger partial charge is 0.480 e. The minimum absolute atomic E-state index is 0.153. The van der Waals surface area contributed by atoms with Crippen molar-refractivity contribution in [2.24, 2.45) is 0 Å². The second-order valence-corrected chi connectivity index (χ2v) is 3.41. The summed E-state index contributed by atoms with van der Waals surface area (Å²) in [6, 6.07) is 0. The molecule has 1 rings (SSSR count). The van der Waals surface area contributed by atoms with Crippen LogP contribution in [0.25, 0.3) is 0 Å². The number of hydrogen-bond acceptors (Lipinski definition) is 5. The van der Waals surface area contributed by atoms with Gasteiger partial charge in [-0.3, -0.25) is 0 Å². The van der Waals surface area contributed by atoms with Crippen LogP contribution in [-0.2, 0) is 0 Å². The van der Waals surface area contributed by atoms with Crippen LogP contribution in [0.1, 0.15) is 6.42 Å². The average Bonchev–Trinajstić information content (AvgIpc) is 2.21. The highest BCUT2D eigenvalue weighted by molar-refractivity contribution is 9.10. The first-order valence-corrected chi connectivity index (χ1v) is 4.98. The summed E-state index contributed by atoms with van der Waals surface area (Å²) in [7, 11) is 1.55. The molecule has 78 valence electrons. The monoisotopic (exact) mass is 261 g/mol. The fourth-order valence-electron chi connectivity index (χ4n) is 0.859. The van der Waals surface area contributed by atoms with E-state index in [1.165, 1.54) is 0 Å². The van der Waals surface area contributed by atoms with Crippen molar-refractivity contribution in [1.82, 2.24) is 9.97 Å². The van der Waals surface area contributed by atoms with Crippen LogP contribution in [0, 0.1) is 0 Å². The summed E-state index contributed by atoms with van der Waals surface area (Å²) >= 11 is 3.25. The van der Waals surface area contributed by atoms with E-state index in [0.29, 0.717) is 29.3 Å². The molecule has 0 fully saturated rings. The van der Waals surface area contributed by atoms with Gasteiger partial charge in [-0.2, -0.15) is 4.98 Å². The molecule has 6 heteroatoms. The van der Waals surface area contributed by atoms with Gasteiger partial charge < -0.3 is 15.2 Å². The van der Waals surface area contributed by atoms with E-state index in [4.69, 9.17) is 9.84 Å². The molecule has 14 heavy (non-hydrogen) atoms. The fourth-order valence-corrected chi connectivity index (χ4v) is 1.21. The van der Waals surface area contributed by atoms with Gasteiger partial charge in [0.25, 0.3) is 0 Å². The van der Waals surface area contributed by atoms with Crippen LogP contribution < -0.4 is 10.1 Å². The van der Waals surface area contributed by atoms with Crippen LogP contribution >= 0.6 is 15.9 Å². The number of nitrogens with zero attached hydrogens (tertiary/aromatic N) is 2. The Morgan fingerprint density at radius 3 is 3.07 bits per heavy atom. The van der Waals surface area contributed by atoms with Crippen molar-refractivity contribution < 1.29 is 9.84 Å². The fraction of sp³-hybridized carbons (Fsp3) is 0.500. The van der Waals surface area contributed by atoms with Crippen LogP contribution in [-0.4, -0.2) is 35.3 Å². The molecule has 1 aromatic rings. The Morgan fingerprint density at radius 2 is 2.43 bits per heavy atom. The van der Waals surface area contributed by atoms with E-state index < -0.39 is 0 Å². The first kappa shape index (κ1) is 11.2. The molecule has 0 bridgehead atoms. The predicted octanol–water partition coefficient (Wildman–Crippen LogP) is 1.04. The number of methoxy groups -OCH3 is 1. The van der Waals surface area contributed by atoms with Crippen molar-refractivity contribution in [2.75, 3.05) is 25.6 Å². The van der Waals surface area contributed by atoms with Gasteiger partial charge in [0, 0.05) is 13.2 Å². The second kappa shape index (κ2) is 5.77. The van der Waals surface area contributed by atoms with E-state index in [1.54, 1.807) is 13.3 Å². The van der Waals surface area contributed by atoms with E-state index in [9.17, 15) is 0 Å². The van der Waals surface area contributed by atoms with Crippen LogP contribution in [0.4, 0.5) is 5.95 Å². The summed E-state index contributed by atoms with van der Waals surface area (Å²) in [6.45, 7) is 0.794. The SMILES string of the molecule is COc1nc(NCCCO)ncc1Br. The third-order valence-electron chi connectivity index (χ3n) is 1.52. The zero-order valence-corrected chi connectivity index (χ0v) is 9.41. The summed E-state index contributed by atoms with van der Waals surface area (Å²) in [5, 5.41) is 11.5. The minimum Gasteiger partial charge on any atom is -0.480 e. The number of hydrogen-bond donors (Lipinski definition) is 2. The molecule has 0 aromatic carbocycles. The number of anilines is 1. The zero-order chi connectivity index (χ0) is 10.4. The van der Waals surface area contributed by atoms with Gasteiger partial charge >= 0.3 is 0 Å². The van der Waals surface area contributed by atoms with Gasteiger partial charge in [0.05, 0.1) is 17.8 Å². The molecular weight excluding hydrogens is 250 g/mol. The van der Waals surface area contributed by atoms with Gasteiger partial charge in [0.1, 0.15) is 0 Å². The molecule has 0 aliphatic rings. The highest BCUT2D eigenvalue weighted by atomic mass is 79.9. The highest BCUT2D eigenvalue weighted by Gasteiger charge is 2.03. The smallest absolute Gasteiger partial charge is 0.232 e. The highest BCUT2D eigenvalue weighted by Crippen LogP contribution is 2.21. The number of aromatic nitrogens is 2. The molecule has 0 aliphatic carbocycles. The Hall–Kier alpha value is -0.880. The standard InChI is InChI=1S/C8H12BrN3O2/c1-14-7-6(9)5-11-8(12-7)10-3-2-4-13/h5,13H,2-4H2,1H3,(H,10,11,12). The number of ether oxygens (including phenoxy) is 1. The summed E-state index contributed by atoms with van der Waals surface area (Å²) in [5.74, 6) is 0.991. The third-order valence-corrected chi connectivity index (χ3v) is 2.07.